The van der Waals surface area contributed by atoms with Gasteiger partial charge >= 0.3 is 0 Å². The molecule has 0 aromatic heterocycles. The first-order valence-corrected chi connectivity index (χ1v) is 7.69. The minimum atomic E-state index is -0.00854. The van der Waals surface area contributed by atoms with Crippen LogP contribution in [-0.2, 0) is 6.42 Å². The third-order valence-electron chi connectivity index (χ3n) is 3.24. The predicted octanol–water partition coefficient (Wildman–Crippen LogP) is 4.64. The molecule has 0 spiro atoms. The average Bonchev–Trinajstić information content (AvgIpc) is 2.43. The molecule has 0 saturated carbocycles. The van der Waals surface area contributed by atoms with Gasteiger partial charge in [-0.1, -0.05) is 35.3 Å². The normalized spacial score (nSPS) is 12.2. The van der Waals surface area contributed by atoms with E-state index in [1.54, 1.807) is 12.1 Å². The SMILES string of the molecule is Cc1cccc(OCCC(N)Cc2cc(Cl)ccc2Cl)c1. The van der Waals surface area contributed by atoms with Gasteiger partial charge in [-0.25, -0.2) is 0 Å². The van der Waals surface area contributed by atoms with E-state index in [0.717, 1.165) is 17.7 Å². The van der Waals surface area contributed by atoms with E-state index in [1.165, 1.54) is 5.56 Å². The molecule has 1 unspecified atom stereocenters. The topological polar surface area (TPSA) is 35.2 Å². The zero-order chi connectivity index (χ0) is 15.2. The van der Waals surface area contributed by atoms with Crippen LogP contribution in [0.1, 0.15) is 17.5 Å². The fourth-order valence-corrected chi connectivity index (χ4v) is 2.51. The lowest BCUT2D eigenvalue weighted by Crippen LogP contribution is -2.25. The highest BCUT2D eigenvalue weighted by Crippen LogP contribution is 2.22. The number of benzene rings is 2. The van der Waals surface area contributed by atoms with Crippen molar-refractivity contribution in [2.24, 2.45) is 5.73 Å². The minimum Gasteiger partial charge on any atom is -0.494 e. The Morgan fingerprint density at radius 3 is 2.71 bits per heavy atom. The summed E-state index contributed by atoms with van der Waals surface area (Å²) in [5.74, 6) is 0.878. The summed E-state index contributed by atoms with van der Waals surface area (Å²) in [5, 5.41) is 1.38. The van der Waals surface area contributed by atoms with E-state index >= 15 is 0 Å². The van der Waals surface area contributed by atoms with Crippen LogP contribution in [0.15, 0.2) is 42.5 Å². The average molecular weight is 324 g/mol. The Morgan fingerprint density at radius 1 is 1.14 bits per heavy atom. The fourth-order valence-electron chi connectivity index (χ4n) is 2.12. The number of nitrogens with two attached hydrogens (primary N) is 1. The molecule has 0 saturated heterocycles. The lowest BCUT2D eigenvalue weighted by atomic mass is 10.0. The number of ether oxygens (including phenoxy) is 1. The smallest absolute Gasteiger partial charge is 0.119 e. The first-order valence-electron chi connectivity index (χ1n) is 6.93. The van der Waals surface area contributed by atoms with Gasteiger partial charge in [-0.3, -0.25) is 0 Å². The predicted molar refractivity (Wildman–Crippen MR) is 89.4 cm³/mol. The number of hydrogen-bond acceptors (Lipinski definition) is 2. The van der Waals surface area contributed by atoms with E-state index < -0.39 is 0 Å². The molecule has 0 fully saturated rings. The molecule has 1 atom stereocenters. The van der Waals surface area contributed by atoms with Crippen molar-refractivity contribution in [2.75, 3.05) is 6.61 Å². The third-order valence-corrected chi connectivity index (χ3v) is 3.84. The summed E-state index contributed by atoms with van der Waals surface area (Å²) in [6.07, 6.45) is 1.45. The van der Waals surface area contributed by atoms with Crippen LogP contribution in [-0.4, -0.2) is 12.6 Å². The molecule has 0 bridgehead atoms. The molecule has 112 valence electrons. The van der Waals surface area contributed by atoms with Crippen molar-refractivity contribution >= 4 is 23.2 Å². The van der Waals surface area contributed by atoms with Crippen molar-refractivity contribution in [1.82, 2.24) is 0 Å². The van der Waals surface area contributed by atoms with Gasteiger partial charge in [-0.05, 0) is 61.2 Å². The van der Waals surface area contributed by atoms with Gasteiger partial charge in [0.05, 0.1) is 6.61 Å². The second-order valence-corrected chi connectivity index (χ2v) is 6.00. The van der Waals surface area contributed by atoms with E-state index in [0.29, 0.717) is 23.1 Å². The standard InChI is InChI=1S/C17H19Cl2NO/c1-12-3-2-4-16(9-12)21-8-7-15(20)11-13-10-14(18)5-6-17(13)19/h2-6,9-10,15H,7-8,11,20H2,1H3. The van der Waals surface area contributed by atoms with Crippen LogP contribution in [0.25, 0.3) is 0 Å². The summed E-state index contributed by atoms with van der Waals surface area (Å²) in [7, 11) is 0. The van der Waals surface area contributed by atoms with Crippen molar-refractivity contribution in [1.29, 1.82) is 0 Å². The molecule has 4 heteroatoms. The van der Waals surface area contributed by atoms with Crippen LogP contribution in [0.3, 0.4) is 0 Å². The molecule has 0 aliphatic carbocycles. The summed E-state index contributed by atoms with van der Waals surface area (Å²) in [6, 6.07) is 13.4. The Bertz CT molecular complexity index is 601. The molecule has 2 aromatic rings. The Balaban J connectivity index is 1.82. The van der Waals surface area contributed by atoms with E-state index in [-0.39, 0.29) is 6.04 Å². The second kappa shape index (κ2) is 7.69. The molecule has 2 rings (SSSR count). The molecule has 0 heterocycles. The van der Waals surface area contributed by atoms with Crippen LogP contribution in [0.2, 0.25) is 10.0 Å². The minimum absolute atomic E-state index is 0.00854. The lowest BCUT2D eigenvalue weighted by Gasteiger charge is -2.14. The van der Waals surface area contributed by atoms with Crippen molar-refractivity contribution < 1.29 is 4.74 Å². The van der Waals surface area contributed by atoms with Crippen molar-refractivity contribution in [3.63, 3.8) is 0 Å². The van der Waals surface area contributed by atoms with Gasteiger partial charge in [0.2, 0.25) is 0 Å². The summed E-state index contributed by atoms with van der Waals surface area (Å²) in [5.41, 5.74) is 8.30. The molecule has 21 heavy (non-hydrogen) atoms. The lowest BCUT2D eigenvalue weighted by molar-refractivity contribution is 0.297. The van der Waals surface area contributed by atoms with Crippen LogP contribution in [0, 0.1) is 6.92 Å². The molecule has 2 N–H and O–H groups in total. The summed E-state index contributed by atoms with van der Waals surface area (Å²) >= 11 is 12.1. The molecule has 0 amide bonds. The molecule has 2 aromatic carbocycles. The van der Waals surface area contributed by atoms with Gasteiger partial charge in [0, 0.05) is 16.1 Å². The van der Waals surface area contributed by atoms with Gasteiger partial charge in [0.15, 0.2) is 0 Å². The number of rotatable bonds is 6. The summed E-state index contributed by atoms with van der Waals surface area (Å²) < 4.78 is 5.71. The van der Waals surface area contributed by atoms with Crippen LogP contribution in [0.4, 0.5) is 0 Å². The Hall–Kier alpha value is -1.22. The first-order chi connectivity index (χ1) is 10.0. The highest BCUT2D eigenvalue weighted by atomic mass is 35.5. The maximum absolute atomic E-state index is 6.14. The van der Waals surface area contributed by atoms with E-state index in [2.05, 4.69) is 0 Å². The summed E-state index contributed by atoms with van der Waals surface area (Å²) in [4.78, 5) is 0. The Kier molecular flexibility index (Phi) is 5.92. The van der Waals surface area contributed by atoms with Crippen LogP contribution >= 0.6 is 23.2 Å². The van der Waals surface area contributed by atoms with Crippen LogP contribution in [0.5, 0.6) is 5.75 Å². The van der Waals surface area contributed by atoms with E-state index in [4.69, 9.17) is 33.7 Å². The Labute approximate surface area is 135 Å². The highest BCUT2D eigenvalue weighted by Gasteiger charge is 2.08. The van der Waals surface area contributed by atoms with Crippen molar-refractivity contribution in [2.45, 2.75) is 25.8 Å². The molecule has 0 radical (unpaired) electrons. The van der Waals surface area contributed by atoms with Gasteiger partial charge in [0.1, 0.15) is 5.75 Å². The first kappa shape index (κ1) is 16.2. The molecule has 2 nitrogen and oxygen atoms in total. The zero-order valence-electron chi connectivity index (χ0n) is 12.0. The maximum atomic E-state index is 6.14. The van der Waals surface area contributed by atoms with Gasteiger partial charge < -0.3 is 10.5 Å². The number of hydrogen-bond donors (Lipinski definition) is 1. The molecular formula is C17H19Cl2NO. The molecular weight excluding hydrogens is 305 g/mol. The van der Waals surface area contributed by atoms with Crippen molar-refractivity contribution in [3.05, 3.63) is 63.6 Å². The fraction of sp³-hybridized carbons (Fsp3) is 0.294. The maximum Gasteiger partial charge on any atom is 0.119 e. The van der Waals surface area contributed by atoms with Gasteiger partial charge in [0.25, 0.3) is 0 Å². The van der Waals surface area contributed by atoms with E-state index in [9.17, 15) is 0 Å². The third kappa shape index (κ3) is 5.24. The largest absolute Gasteiger partial charge is 0.494 e. The van der Waals surface area contributed by atoms with Crippen LogP contribution < -0.4 is 10.5 Å². The van der Waals surface area contributed by atoms with Crippen molar-refractivity contribution in [3.8, 4) is 5.75 Å². The quantitative estimate of drug-likeness (QED) is 0.840. The summed E-state index contributed by atoms with van der Waals surface area (Å²) in [6.45, 7) is 2.63. The monoisotopic (exact) mass is 323 g/mol. The number of halogens is 2. The zero-order valence-corrected chi connectivity index (χ0v) is 13.5. The highest BCUT2D eigenvalue weighted by molar-refractivity contribution is 6.33. The Morgan fingerprint density at radius 2 is 1.95 bits per heavy atom. The second-order valence-electron chi connectivity index (χ2n) is 5.15. The van der Waals surface area contributed by atoms with Gasteiger partial charge in [-0.15, -0.1) is 0 Å². The van der Waals surface area contributed by atoms with Gasteiger partial charge in [-0.2, -0.15) is 0 Å². The molecule has 0 aliphatic heterocycles. The van der Waals surface area contributed by atoms with E-state index in [1.807, 2.05) is 37.3 Å². The molecule has 0 aliphatic rings. The number of aryl methyl sites for hydroxylation is 1.